The summed E-state index contributed by atoms with van der Waals surface area (Å²) in [5.74, 6) is 0. The van der Waals surface area contributed by atoms with Gasteiger partial charge < -0.3 is 10.6 Å². The maximum atomic E-state index is 5.71. The number of hydrogen-bond acceptors (Lipinski definition) is 3. The molecule has 0 fully saturated rings. The van der Waals surface area contributed by atoms with Gasteiger partial charge in [-0.1, -0.05) is 0 Å². The topological polar surface area (TPSA) is 42.1 Å². The molecular formula is C7H10BrN3. The van der Waals surface area contributed by atoms with Gasteiger partial charge in [-0.25, -0.2) is 4.98 Å². The third-order valence-electron chi connectivity index (χ3n) is 1.36. The number of aromatic nitrogens is 1. The van der Waals surface area contributed by atoms with Crippen LogP contribution in [0.4, 0.5) is 11.4 Å². The molecule has 1 aromatic heterocycles. The number of nitrogen functional groups attached to an aromatic ring is 1. The number of nitrogens with zero attached hydrogens (tertiary/aromatic N) is 2. The Morgan fingerprint density at radius 1 is 1.55 bits per heavy atom. The third-order valence-corrected chi connectivity index (χ3v) is 1.94. The van der Waals surface area contributed by atoms with Crippen molar-refractivity contribution in [2.45, 2.75) is 0 Å². The first kappa shape index (κ1) is 8.33. The maximum Gasteiger partial charge on any atom is 0.131 e. The van der Waals surface area contributed by atoms with Gasteiger partial charge in [-0.2, -0.15) is 0 Å². The summed E-state index contributed by atoms with van der Waals surface area (Å²) in [6, 6.07) is 1.78. The van der Waals surface area contributed by atoms with Crippen LogP contribution in [-0.2, 0) is 0 Å². The van der Waals surface area contributed by atoms with Crippen molar-refractivity contribution in [3.8, 4) is 0 Å². The van der Waals surface area contributed by atoms with Gasteiger partial charge in [0.15, 0.2) is 0 Å². The molecule has 1 aromatic rings. The quantitative estimate of drug-likeness (QED) is 0.723. The lowest BCUT2D eigenvalue weighted by molar-refractivity contribution is 1.10. The van der Waals surface area contributed by atoms with Crippen molar-refractivity contribution in [3.63, 3.8) is 0 Å². The van der Waals surface area contributed by atoms with E-state index in [-0.39, 0.29) is 0 Å². The third kappa shape index (κ3) is 1.63. The average molecular weight is 216 g/mol. The Labute approximate surface area is 74.3 Å². The molecule has 0 aromatic carbocycles. The van der Waals surface area contributed by atoms with Crippen LogP contribution in [0.15, 0.2) is 16.9 Å². The number of anilines is 2. The van der Waals surface area contributed by atoms with E-state index >= 15 is 0 Å². The largest absolute Gasteiger partial charge is 0.397 e. The molecule has 0 saturated carbocycles. The van der Waals surface area contributed by atoms with Crippen LogP contribution in [0.3, 0.4) is 0 Å². The molecule has 2 N–H and O–H groups in total. The van der Waals surface area contributed by atoms with Gasteiger partial charge in [0.1, 0.15) is 4.60 Å². The van der Waals surface area contributed by atoms with Crippen molar-refractivity contribution in [2.24, 2.45) is 0 Å². The second-order valence-electron chi connectivity index (χ2n) is 2.43. The second-order valence-corrected chi connectivity index (χ2v) is 3.19. The molecule has 60 valence electrons. The number of rotatable bonds is 1. The molecule has 0 amide bonds. The Morgan fingerprint density at radius 3 is 2.55 bits per heavy atom. The molecule has 1 heterocycles. The van der Waals surface area contributed by atoms with Crippen molar-refractivity contribution in [2.75, 3.05) is 24.7 Å². The highest BCUT2D eigenvalue weighted by atomic mass is 79.9. The average Bonchev–Trinajstić information content (AvgIpc) is 1.85. The molecule has 0 unspecified atom stereocenters. The van der Waals surface area contributed by atoms with E-state index in [4.69, 9.17) is 5.73 Å². The smallest absolute Gasteiger partial charge is 0.131 e. The molecule has 0 aliphatic carbocycles. The zero-order valence-electron chi connectivity index (χ0n) is 6.50. The van der Waals surface area contributed by atoms with Gasteiger partial charge >= 0.3 is 0 Å². The standard InChI is InChI=1S/C7H10BrN3/c1-11(2)6-5(9)3-4-10-7(6)8/h3-4H,1-2H3,(H2,9,10). The van der Waals surface area contributed by atoms with E-state index in [1.54, 1.807) is 12.3 Å². The fraction of sp³-hybridized carbons (Fsp3) is 0.286. The van der Waals surface area contributed by atoms with Crippen LogP contribution in [0, 0.1) is 0 Å². The summed E-state index contributed by atoms with van der Waals surface area (Å²) in [7, 11) is 3.86. The van der Waals surface area contributed by atoms with Gasteiger partial charge in [0.05, 0.1) is 11.4 Å². The summed E-state index contributed by atoms with van der Waals surface area (Å²) in [5, 5.41) is 0. The number of hydrogen-bond donors (Lipinski definition) is 1. The van der Waals surface area contributed by atoms with Crippen molar-refractivity contribution >= 4 is 27.3 Å². The van der Waals surface area contributed by atoms with Crippen LogP contribution in [-0.4, -0.2) is 19.1 Å². The van der Waals surface area contributed by atoms with Crippen LogP contribution in [0.25, 0.3) is 0 Å². The molecule has 4 heteroatoms. The van der Waals surface area contributed by atoms with Crippen LogP contribution in [0.2, 0.25) is 0 Å². The molecule has 0 spiro atoms. The zero-order chi connectivity index (χ0) is 8.43. The predicted octanol–water partition coefficient (Wildman–Crippen LogP) is 1.49. The van der Waals surface area contributed by atoms with Crippen molar-refractivity contribution < 1.29 is 0 Å². The van der Waals surface area contributed by atoms with Crippen molar-refractivity contribution in [1.82, 2.24) is 4.98 Å². The Bertz CT molecular complexity index is 240. The molecular weight excluding hydrogens is 206 g/mol. The Kier molecular flexibility index (Phi) is 2.34. The summed E-state index contributed by atoms with van der Waals surface area (Å²) in [4.78, 5) is 5.98. The van der Waals surface area contributed by atoms with Crippen LogP contribution in [0.5, 0.6) is 0 Å². The molecule has 3 nitrogen and oxygen atoms in total. The first-order valence-electron chi connectivity index (χ1n) is 3.20. The molecule has 0 aliphatic rings. The van der Waals surface area contributed by atoms with E-state index in [1.165, 1.54) is 0 Å². The van der Waals surface area contributed by atoms with Gasteiger partial charge in [-0.15, -0.1) is 0 Å². The summed E-state index contributed by atoms with van der Waals surface area (Å²) >= 11 is 3.31. The van der Waals surface area contributed by atoms with Gasteiger partial charge in [-0.3, -0.25) is 0 Å². The van der Waals surface area contributed by atoms with Gasteiger partial charge in [0.25, 0.3) is 0 Å². The summed E-state index contributed by atoms with van der Waals surface area (Å²) in [6.45, 7) is 0. The van der Waals surface area contributed by atoms with E-state index in [1.807, 2.05) is 19.0 Å². The summed E-state index contributed by atoms with van der Waals surface area (Å²) in [6.07, 6.45) is 1.67. The number of pyridine rings is 1. The van der Waals surface area contributed by atoms with E-state index in [9.17, 15) is 0 Å². The Morgan fingerprint density at radius 2 is 2.18 bits per heavy atom. The SMILES string of the molecule is CN(C)c1c(N)ccnc1Br. The van der Waals surface area contributed by atoms with E-state index in [0.717, 1.165) is 16.0 Å². The first-order valence-corrected chi connectivity index (χ1v) is 3.99. The maximum absolute atomic E-state index is 5.71. The Balaban J connectivity index is 3.21. The van der Waals surface area contributed by atoms with Crippen LogP contribution in [0.1, 0.15) is 0 Å². The van der Waals surface area contributed by atoms with E-state index < -0.39 is 0 Å². The normalized spacial score (nSPS) is 9.73. The molecule has 0 saturated heterocycles. The van der Waals surface area contributed by atoms with Gasteiger partial charge in [0, 0.05) is 20.3 Å². The predicted molar refractivity (Wildman–Crippen MR) is 50.7 cm³/mol. The lowest BCUT2D eigenvalue weighted by Crippen LogP contribution is -2.12. The monoisotopic (exact) mass is 215 g/mol. The first-order chi connectivity index (χ1) is 5.13. The minimum Gasteiger partial charge on any atom is -0.397 e. The molecule has 0 aliphatic heterocycles. The Hall–Kier alpha value is -0.770. The molecule has 0 bridgehead atoms. The van der Waals surface area contributed by atoms with Gasteiger partial charge in [0.2, 0.25) is 0 Å². The lowest BCUT2D eigenvalue weighted by atomic mass is 10.3. The highest BCUT2D eigenvalue weighted by molar-refractivity contribution is 9.10. The zero-order valence-corrected chi connectivity index (χ0v) is 8.09. The van der Waals surface area contributed by atoms with Crippen LogP contribution >= 0.6 is 15.9 Å². The molecule has 0 atom stereocenters. The molecule has 11 heavy (non-hydrogen) atoms. The summed E-state index contributed by atoms with van der Waals surface area (Å²) in [5.41, 5.74) is 7.37. The lowest BCUT2D eigenvalue weighted by Gasteiger charge is -2.15. The second kappa shape index (κ2) is 3.09. The highest BCUT2D eigenvalue weighted by Gasteiger charge is 2.05. The fourth-order valence-electron chi connectivity index (χ4n) is 0.885. The van der Waals surface area contributed by atoms with Crippen molar-refractivity contribution in [1.29, 1.82) is 0 Å². The number of nitrogens with two attached hydrogens (primary N) is 1. The molecule has 1 rings (SSSR count). The van der Waals surface area contributed by atoms with Crippen LogP contribution < -0.4 is 10.6 Å². The molecule has 0 radical (unpaired) electrons. The highest BCUT2D eigenvalue weighted by Crippen LogP contribution is 2.27. The number of halogens is 1. The summed E-state index contributed by atoms with van der Waals surface area (Å²) < 4.78 is 0.780. The van der Waals surface area contributed by atoms with E-state index in [2.05, 4.69) is 20.9 Å². The minimum atomic E-state index is 0.733. The fourth-order valence-corrected chi connectivity index (χ4v) is 1.59. The minimum absolute atomic E-state index is 0.733. The van der Waals surface area contributed by atoms with Gasteiger partial charge in [-0.05, 0) is 22.0 Å². The van der Waals surface area contributed by atoms with Crippen molar-refractivity contribution in [3.05, 3.63) is 16.9 Å². The van der Waals surface area contributed by atoms with E-state index in [0.29, 0.717) is 0 Å².